The molecule has 1 heterocycles. The lowest BCUT2D eigenvalue weighted by Crippen LogP contribution is -2.45. The summed E-state index contributed by atoms with van der Waals surface area (Å²) >= 11 is 0. The predicted molar refractivity (Wildman–Crippen MR) is 105 cm³/mol. The monoisotopic (exact) mass is 361 g/mol. The second kappa shape index (κ2) is 8.22. The van der Waals surface area contributed by atoms with E-state index in [1.165, 1.54) is 30.8 Å². The summed E-state index contributed by atoms with van der Waals surface area (Å²) in [6, 6.07) is 6.93. The number of hydrogen-bond acceptors (Lipinski definition) is 3. The first-order chi connectivity index (χ1) is 11.7. The Kier molecular flexibility index (Phi) is 6.50. The first-order valence-corrected chi connectivity index (χ1v) is 10.5. The first-order valence-electron chi connectivity index (χ1n) is 8.88. The van der Waals surface area contributed by atoms with Crippen LogP contribution in [0.25, 0.3) is 0 Å². The molecule has 1 aromatic rings. The van der Waals surface area contributed by atoms with Gasteiger partial charge in [0.2, 0.25) is 5.78 Å². The lowest BCUT2D eigenvalue weighted by molar-refractivity contribution is -0.130. The first kappa shape index (κ1) is 19.8. The van der Waals surface area contributed by atoms with Crippen molar-refractivity contribution in [2.45, 2.75) is 52.2 Å². The van der Waals surface area contributed by atoms with Gasteiger partial charge < -0.3 is 4.74 Å². The van der Waals surface area contributed by atoms with E-state index < -0.39 is 5.97 Å². The van der Waals surface area contributed by atoms with Crippen molar-refractivity contribution in [1.29, 1.82) is 0 Å². The van der Waals surface area contributed by atoms with E-state index in [1.54, 1.807) is 31.2 Å². The van der Waals surface area contributed by atoms with Crippen molar-refractivity contribution >= 4 is 22.6 Å². The fourth-order valence-corrected chi connectivity index (χ4v) is 6.43. The Morgan fingerprint density at radius 3 is 2.12 bits per heavy atom. The van der Waals surface area contributed by atoms with Crippen LogP contribution >= 0.6 is 0 Å². The molecule has 1 atom stereocenters. The molecule has 1 saturated heterocycles. The van der Waals surface area contributed by atoms with Crippen LogP contribution in [0.15, 0.2) is 36.4 Å². The third-order valence-corrected chi connectivity index (χ3v) is 7.58. The molecule has 25 heavy (non-hydrogen) atoms. The van der Waals surface area contributed by atoms with Crippen LogP contribution in [0.4, 0.5) is 0 Å². The van der Waals surface area contributed by atoms with E-state index in [9.17, 15) is 9.59 Å². The van der Waals surface area contributed by atoms with E-state index >= 15 is 0 Å². The van der Waals surface area contributed by atoms with Crippen molar-refractivity contribution in [3.05, 3.63) is 42.0 Å². The zero-order valence-electron chi connectivity index (χ0n) is 15.8. The van der Waals surface area contributed by atoms with Gasteiger partial charge >= 0.3 is 5.97 Å². The third kappa shape index (κ3) is 5.21. The van der Waals surface area contributed by atoms with Crippen LogP contribution in [0.2, 0.25) is 0 Å². The van der Waals surface area contributed by atoms with Gasteiger partial charge in [0.15, 0.2) is 5.25 Å². The van der Waals surface area contributed by atoms with E-state index in [0.29, 0.717) is 16.9 Å². The molecule has 1 unspecified atom stereocenters. The Hall–Kier alpha value is -1.55. The van der Waals surface area contributed by atoms with Crippen molar-refractivity contribution in [3.63, 3.8) is 0 Å². The SMILES string of the molecule is C=C(C)C(=O)Oc1ccc(C(=O)C([S+]2CCCCC2)C(C)(C)C)cc1. The second-order valence-electron chi connectivity index (χ2n) is 7.81. The summed E-state index contributed by atoms with van der Waals surface area (Å²) < 4.78 is 5.21. The van der Waals surface area contributed by atoms with Crippen LogP contribution in [0.5, 0.6) is 5.75 Å². The molecule has 0 spiro atoms. The molecule has 0 aliphatic carbocycles. The maximum Gasteiger partial charge on any atom is 0.338 e. The number of carbonyl (C=O) groups excluding carboxylic acids is 2. The molecule has 0 N–H and O–H groups in total. The van der Waals surface area contributed by atoms with Crippen molar-refractivity contribution in [3.8, 4) is 5.75 Å². The molecule has 2 rings (SSSR count). The average Bonchev–Trinajstić information content (AvgIpc) is 2.55. The van der Waals surface area contributed by atoms with E-state index in [0.717, 1.165) is 0 Å². The number of benzene rings is 1. The number of esters is 1. The van der Waals surface area contributed by atoms with Gasteiger partial charge in [-0.05, 0) is 61.3 Å². The molecule has 0 aromatic heterocycles. The van der Waals surface area contributed by atoms with Crippen molar-refractivity contribution in [2.24, 2.45) is 5.41 Å². The van der Waals surface area contributed by atoms with E-state index in [-0.39, 0.29) is 27.3 Å². The Labute approximate surface area is 154 Å². The summed E-state index contributed by atoms with van der Waals surface area (Å²) in [6.45, 7) is 11.7. The maximum atomic E-state index is 13.2. The molecule has 1 aliphatic rings. The van der Waals surface area contributed by atoms with Crippen LogP contribution in [-0.4, -0.2) is 28.5 Å². The highest BCUT2D eigenvalue weighted by Crippen LogP contribution is 2.33. The Morgan fingerprint density at radius 1 is 1.08 bits per heavy atom. The van der Waals surface area contributed by atoms with E-state index in [4.69, 9.17) is 4.74 Å². The summed E-state index contributed by atoms with van der Waals surface area (Å²) in [4.78, 5) is 24.8. The van der Waals surface area contributed by atoms with E-state index in [2.05, 4.69) is 27.4 Å². The number of ketones is 1. The molecule has 0 bridgehead atoms. The number of Topliss-reactive ketones (excluding diaryl/α,β-unsaturated/α-hetero) is 1. The zero-order valence-corrected chi connectivity index (χ0v) is 16.6. The fourth-order valence-electron chi connectivity index (χ4n) is 3.17. The topological polar surface area (TPSA) is 43.4 Å². The maximum absolute atomic E-state index is 13.2. The molecule has 1 aromatic carbocycles. The fraction of sp³-hybridized carbons (Fsp3) is 0.524. The summed E-state index contributed by atoms with van der Waals surface area (Å²) in [7, 11) is 0.150. The van der Waals surface area contributed by atoms with Crippen LogP contribution in [0.1, 0.15) is 57.3 Å². The molecular weight excluding hydrogens is 332 g/mol. The Bertz CT molecular complexity index is 634. The van der Waals surface area contributed by atoms with Gasteiger partial charge in [0, 0.05) is 16.6 Å². The highest BCUT2D eigenvalue weighted by molar-refractivity contribution is 7.98. The van der Waals surface area contributed by atoms with Gasteiger partial charge in [-0.25, -0.2) is 4.79 Å². The van der Waals surface area contributed by atoms with Gasteiger partial charge in [0.25, 0.3) is 0 Å². The van der Waals surface area contributed by atoms with Crippen LogP contribution < -0.4 is 4.74 Å². The largest absolute Gasteiger partial charge is 0.423 e. The highest BCUT2D eigenvalue weighted by Gasteiger charge is 2.45. The summed E-state index contributed by atoms with van der Waals surface area (Å²) in [5, 5.41) is 0.0524. The smallest absolute Gasteiger partial charge is 0.338 e. The molecule has 3 nitrogen and oxygen atoms in total. The van der Waals surface area contributed by atoms with Crippen LogP contribution in [0.3, 0.4) is 0 Å². The minimum absolute atomic E-state index is 0.0524. The summed E-state index contributed by atoms with van der Waals surface area (Å²) in [5.41, 5.74) is 1.00. The third-order valence-electron chi connectivity index (χ3n) is 4.37. The van der Waals surface area contributed by atoms with Gasteiger partial charge in [-0.15, -0.1) is 0 Å². The van der Waals surface area contributed by atoms with Gasteiger partial charge in [0.05, 0.1) is 0 Å². The van der Waals surface area contributed by atoms with Crippen molar-refractivity contribution < 1.29 is 14.3 Å². The number of rotatable bonds is 5. The summed E-state index contributed by atoms with van der Waals surface area (Å²) in [5.74, 6) is 2.55. The lowest BCUT2D eigenvalue weighted by atomic mass is 9.87. The van der Waals surface area contributed by atoms with E-state index in [1.807, 2.05) is 0 Å². The van der Waals surface area contributed by atoms with Gasteiger partial charge in [0.1, 0.15) is 17.3 Å². The van der Waals surface area contributed by atoms with Gasteiger partial charge in [-0.1, -0.05) is 27.4 Å². The zero-order chi connectivity index (χ0) is 18.6. The predicted octanol–water partition coefficient (Wildman–Crippen LogP) is 4.57. The molecule has 0 saturated carbocycles. The molecule has 0 radical (unpaired) electrons. The molecule has 4 heteroatoms. The number of carbonyl (C=O) groups is 2. The normalized spacial score (nSPS) is 17.0. The second-order valence-corrected chi connectivity index (χ2v) is 10.2. The Balaban J connectivity index is 2.18. The van der Waals surface area contributed by atoms with Crippen molar-refractivity contribution in [1.82, 2.24) is 0 Å². The Morgan fingerprint density at radius 2 is 1.64 bits per heavy atom. The minimum atomic E-state index is -0.449. The van der Waals surface area contributed by atoms with Crippen LogP contribution in [0, 0.1) is 5.41 Å². The van der Waals surface area contributed by atoms with Crippen molar-refractivity contribution in [2.75, 3.05) is 11.5 Å². The number of hydrogen-bond donors (Lipinski definition) is 0. The highest BCUT2D eigenvalue weighted by atomic mass is 32.2. The number of ether oxygens (including phenoxy) is 1. The average molecular weight is 362 g/mol. The van der Waals surface area contributed by atoms with Gasteiger partial charge in [-0.2, -0.15) is 0 Å². The summed E-state index contributed by atoms with van der Waals surface area (Å²) in [6.07, 6.45) is 3.76. The molecule has 0 amide bonds. The lowest BCUT2D eigenvalue weighted by Gasteiger charge is -2.31. The van der Waals surface area contributed by atoms with Crippen LogP contribution in [-0.2, 0) is 15.7 Å². The van der Waals surface area contributed by atoms with Gasteiger partial charge in [-0.3, -0.25) is 4.79 Å². The minimum Gasteiger partial charge on any atom is -0.423 e. The standard InChI is InChI=1S/C21H29O3S/c1-15(2)20(23)24-17-11-9-16(10-12-17)18(22)19(21(3,4)5)25-13-7-6-8-14-25/h9-12,19H,1,6-8,13-14H2,2-5H3/q+1. The molecule has 1 aliphatic heterocycles. The molecule has 1 fully saturated rings. The quantitative estimate of drug-likeness (QED) is 0.254. The molecular formula is C21H29O3S+. The molecule has 136 valence electrons.